The molecule has 0 aliphatic carbocycles. The number of hydrogen-bond acceptors (Lipinski definition) is 6. The number of aromatic nitrogens is 2. The van der Waals surface area contributed by atoms with E-state index in [0.717, 1.165) is 33.6 Å². The molecule has 0 amide bonds. The molecule has 10 heteroatoms. The van der Waals surface area contributed by atoms with Gasteiger partial charge in [0.15, 0.2) is 4.90 Å². The summed E-state index contributed by atoms with van der Waals surface area (Å²) in [4.78, 5) is 8.33. The van der Waals surface area contributed by atoms with Gasteiger partial charge in [-0.25, -0.2) is 27.2 Å². The average molecular weight is 459 g/mol. The Morgan fingerprint density at radius 1 is 1.00 bits per heavy atom. The second kappa shape index (κ2) is 8.05. The first-order chi connectivity index (χ1) is 14.7. The van der Waals surface area contributed by atoms with Crippen molar-refractivity contribution >= 4 is 32.9 Å². The molecule has 0 saturated heterocycles. The van der Waals surface area contributed by atoms with E-state index in [1.807, 2.05) is 6.92 Å². The molecule has 3 N–H and O–H groups in total. The molecule has 4 aromatic rings. The molecule has 6 nitrogen and oxygen atoms in total. The van der Waals surface area contributed by atoms with Crippen molar-refractivity contribution in [3.05, 3.63) is 77.4 Å². The van der Waals surface area contributed by atoms with E-state index in [9.17, 15) is 17.2 Å². The van der Waals surface area contributed by atoms with Crippen molar-refractivity contribution in [2.75, 3.05) is 10.5 Å². The molecule has 0 unspecified atom stereocenters. The number of rotatable bonds is 5. The molecule has 0 aliphatic rings. The zero-order valence-corrected chi connectivity index (χ0v) is 17.8. The maximum atomic E-state index is 14.0. The van der Waals surface area contributed by atoms with Crippen molar-refractivity contribution in [1.29, 1.82) is 0 Å². The van der Waals surface area contributed by atoms with E-state index < -0.39 is 26.6 Å². The first kappa shape index (κ1) is 20.9. The van der Waals surface area contributed by atoms with Gasteiger partial charge in [-0.3, -0.25) is 4.72 Å². The number of halogens is 2. The van der Waals surface area contributed by atoms with Crippen LogP contribution in [0, 0.1) is 18.6 Å². The van der Waals surface area contributed by atoms with Crippen molar-refractivity contribution in [1.82, 2.24) is 9.97 Å². The number of thiazole rings is 1. The molecule has 4 rings (SSSR count). The van der Waals surface area contributed by atoms with E-state index in [2.05, 4.69) is 14.7 Å². The molecule has 0 saturated carbocycles. The first-order valence-electron chi connectivity index (χ1n) is 9.01. The number of anilines is 2. The van der Waals surface area contributed by atoms with Crippen molar-refractivity contribution < 1.29 is 17.2 Å². The van der Waals surface area contributed by atoms with Gasteiger partial charge < -0.3 is 5.73 Å². The third-order valence-corrected chi connectivity index (χ3v) is 6.81. The lowest BCUT2D eigenvalue weighted by atomic mass is 10.1. The van der Waals surface area contributed by atoms with Gasteiger partial charge in [-0.1, -0.05) is 18.2 Å². The summed E-state index contributed by atoms with van der Waals surface area (Å²) in [6, 6.07) is 12.9. The largest absolute Gasteiger partial charge is 0.384 e. The lowest BCUT2D eigenvalue weighted by Gasteiger charge is -2.11. The number of aryl methyl sites for hydroxylation is 1. The molecule has 0 atom stereocenters. The molecule has 0 bridgehead atoms. The van der Waals surface area contributed by atoms with Crippen molar-refractivity contribution in [2.24, 2.45) is 0 Å². The second-order valence-electron chi connectivity index (χ2n) is 6.62. The van der Waals surface area contributed by atoms with Gasteiger partial charge >= 0.3 is 0 Å². The minimum Gasteiger partial charge on any atom is -0.384 e. The summed E-state index contributed by atoms with van der Waals surface area (Å²) in [5.41, 5.74) is 8.08. The van der Waals surface area contributed by atoms with Gasteiger partial charge in [0.2, 0.25) is 0 Å². The topological polar surface area (TPSA) is 98.0 Å². The van der Waals surface area contributed by atoms with Crippen LogP contribution < -0.4 is 10.5 Å². The fourth-order valence-electron chi connectivity index (χ4n) is 3.08. The molecule has 2 aromatic carbocycles. The zero-order chi connectivity index (χ0) is 22.2. The highest BCUT2D eigenvalue weighted by atomic mass is 32.2. The molecule has 2 aromatic heterocycles. The van der Waals surface area contributed by atoms with Crippen LogP contribution in [0.4, 0.5) is 20.3 Å². The van der Waals surface area contributed by atoms with Crippen LogP contribution in [0.15, 0.2) is 65.7 Å². The van der Waals surface area contributed by atoms with Crippen LogP contribution in [0.5, 0.6) is 0 Å². The van der Waals surface area contributed by atoms with Crippen LogP contribution in [-0.4, -0.2) is 18.4 Å². The third kappa shape index (κ3) is 4.25. The number of sulfonamides is 1. The van der Waals surface area contributed by atoms with Gasteiger partial charge in [0.1, 0.15) is 17.5 Å². The Kier molecular flexibility index (Phi) is 5.42. The maximum absolute atomic E-state index is 14.0. The van der Waals surface area contributed by atoms with Crippen LogP contribution in [0.1, 0.15) is 5.01 Å². The van der Waals surface area contributed by atoms with E-state index >= 15 is 0 Å². The molecular weight excluding hydrogens is 442 g/mol. The summed E-state index contributed by atoms with van der Waals surface area (Å²) < 4.78 is 55.4. The number of nitrogens with one attached hydrogen (secondary N) is 1. The molecule has 31 heavy (non-hydrogen) atoms. The van der Waals surface area contributed by atoms with E-state index in [1.54, 1.807) is 36.5 Å². The Bertz CT molecular complexity index is 1370. The van der Waals surface area contributed by atoms with Gasteiger partial charge in [-0.2, -0.15) is 0 Å². The number of nitrogen functional groups attached to an aromatic ring is 1. The van der Waals surface area contributed by atoms with Crippen LogP contribution >= 0.6 is 11.3 Å². The molecule has 2 heterocycles. The normalized spacial score (nSPS) is 11.5. The summed E-state index contributed by atoms with van der Waals surface area (Å²) in [6.07, 6.45) is 1.58. The highest BCUT2D eigenvalue weighted by molar-refractivity contribution is 7.92. The smallest absolute Gasteiger partial charge is 0.267 e. The Morgan fingerprint density at radius 3 is 2.42 bits per heavy atom. The molecule has 0 aliphatic heterocycles. The first-order valence-corrected chi connectivity index (χ1v) is 11.3. The summed E-state index contributed by atoms with van der Waals surface area (Å²) in [7, 11) is -4.47. The van der Waals surface area contributed by atoms with Gasteiger partial charge in [0.25, 0.3) is 10.0 Å². The molecule has 0 spiro atoms. The van der Waals surface area contributed by atoms with E-state index in [0.29, 0.717) is 17.1 Å². The summed E-state index contributed by atoms with van der Waals surface area (Å²) in [6.45, 7) is 1.86. The molecular formula is C21H16F2N4O2S2. The lowest BCUT2D eigenvalue weighted by molar-refractivity contribution is 0.521. The average Bonchev–Trinajstić information content (AvgIpc) is 3.09. The standard InChI is InChI=1S/C21H16F2N4O2S2/c1-12-26-19(13-8-9-25-18(24)11-13)20(30-12)14-4-2-5-15(10-14)27-31(28,29)21-16(22)6-3-7-17(21)23/h2-11,27H,1H3,(H2,24,25). The second-order valence-corrected chi connectivity index (χ2v) is 9.44. The minimum absolute atomic E-state index is 0.159. The monoisotopic (exact) mass is 458 g/mol. The van der Waals surface area contributed by atoms with Crippen LogP contribution in [0.25, 0.3) is 21.7 Å². The van der Waals surface area contributed by atoms with Gasteiger partial charge in [0.05, 0.1) is 15.6 Å². The highest BCUT2D eigenvalue weighted by Crippen LogP contribution is 2.38. The van der Waals surface area contributed by atoms with Crippen molar-refractivity contribution in [3.8, 4) is 21.7 Å². The Labute approximate surface area is 181 Å². The maximum Gasteiger partial charge on any atom is 0.267 e. The SMILES string of the molecule is Cc1nc(-c2ccnc(N)c2)c(-c2cccc(NS(=O)(=O)c3c(F)cccc3F)c2)s1. The highest BCUT2D eigenvalue weighted by Gasteiger charge is 2.24. The fraction of sp³-hybridized carbons (Fsp3) is 0.0476. The van der Waals surface area contributed by atoms with Crippen molar-refractivity contribution in [3.63, 3.8) is 0 Å². The van der Waals surface area contributed by atoms with E-state index in [1.165, 1.54) is 17.4 Å². The lowest BCUT2D eigenvalue weighted by Crippen LogP contribution is -2.16. The number of pyridine rings is 1. The number of hydrogen-bond donors (Lipinski definition) is 2. The Hall–Kier alpha value is -3.37. The van der Waals surface area contributed by atoms with Crippen molar-refractivity contribution in [2.45, 2.75) is 11.8 Å². The molecule has 0 fully saturated rings. The van der Waals surface area contributed by atoms with Crippen LogP contribution in [0.2, 0.25) is 0 Å². The number of nitrogens with two attached hydrogens (primary N) is 1. The Balaban J connectivity index is 1.74. The minimum atomic E-state index is -4.47. The van der Waals surface area contributed by atoms with Gasteiger partial charge in [-0.05, 0) is 48.9 Å². The summed E-state index contributed by atoms with van der Waals surface area (Å²) in [5.74, 6) is -1.99. The summed E-state index contributed by atoms with van der Waals surface area (Å²) >= 11 is 1.43. The molecule has 0 radical (unpaired) electrons. The van der Waals surface area contributed by atoms with Crippen LogP contribution in [0.3, 0.4) is 0 Å². The predicted molar refractivity (Wildman–Crippen MR) is 117 cm³/mol. The predicted octanol–water partition coefficient (Wildman–Crippen LogP) is 4.84. The van der Waals surface area contributed by atoms with E-state index in [-0.39, 0.29) is 5.69 Å². The summed E-state index contributed by atoms with van der Waals surface area (Å²) in [5, 5.41) is 0.805. The van der Waals surface area contributed by atoms with E-state index in [4.69, 9.17) is 5.73 Å². The fourth-order valence-corrected chi connectivity index (χ4v) is 5.21. The zero-order valence-electron chi connectivity index (χ0n) is 16.1. The quantitative estimate of drug-likeness (QED) is 0.446. The van der Waals surface area contributed by atoms with Crippen LogP contribution in [-0.2, 0) is 10.0 Å². The Morgan fingerprint density at radius 2 is 1.71 bits per heavy atom. The van der Waals surface area contributed by atoms with Gasteiger partial charge in [0, 0.05) is 17.4 Å². The number of nitrogens with zero attached hydrogens (tertiary/aromatic N) is 2. The van der Waals surface area contributed by atoms with Gasteiger partial charge in [-0.15, -0.1) is 11.3 Å². The number of benzene rings is 2. The molecule has 158 valence electrons. The third-order valence-electron chi connectivity index (χ3n) is 4.35.